The molecule has 2 aromatic heterocycles. The van der Waals surface area contributed by atoms with Gasteiger partial charge in [-0.05, 0) is 95.7 Å². The highest BCUT2D eigenvalue weighted by atomic mass is 16.3. The molecule has 0 fully saturated rings. The van der Waals surface area contributed by atoms with Gasteiger partial charge in [0.25, 0.3) is 0 Å². The number of furan rings is 2. The van der Waals surface area contributed by atoms with Crippen LogP contribution in [0.4, 0.5) is 34.1 Å². The first-order valence-corrected chi connectivity index (χ1v) is 18.1. The van der Waals surface area contributed by atoms with Crippen molar-refractivity contribution in [2.24, 2.45) is 0 Å². The van der Waals surface area contributed by atoms with E-state index in [1.807, 2.05) is 18.2 Å². The zero-order chi connectivity index (χ0) is 35.6. The van der Waals surface area contributed by atoms with Gasteiger partial charge in [0.15, 0.2) is 5.58 Å². The molecule has 0 spiro atoms. The number of hydrogen-bond acceptors (Lipinski definition) is 4. The van der Waals surface area contributed by atoms with E-state index in [-0.39, 0.29) is 0 Å². The van der Waals surface area contributed by atoms with E-state index in [4.69, 9.17) is 8.83 Å². The molecule has 0 bridgehead atoms. The fraction of sp³-hybridized carbons (Fsp3) is 0. The van der Waals surface area contributed by atoms with Crippen molar-refractivity contribution in [2.75, 3.05) is 9.80 Å². The summed E-state index contributed by atoms with van der Waals surface area (Å²) in [4.78, 5) is 4.62. The fourth-order valence-corrected chi connectivity index (χ4v) is 8.10. The van der Waals surface area contributed by atoms with Gasteiger partial charge in [-0.2, -0.15) is 0 Å². The van der Waals surface area contributed by atoms with E-state index in [9.17, 15) is 0 Å². The van der Waals surface area contributed by atoms with E-state index >= 15 is 0 Å². The van der Waals surface area contributed by atoms with Gasteiger partial charge in [-0.15, -0.1) is 0 Å². The van der Waals surface area contributed by atoms with Crippen molar-refractivity contribution in [2.45, 2.75) is 0 Å². The van der Waals surface area contributed by atoms with Gasteiger partial charge in [-0.1, -0.05) is 109 Å². The smallest absolute Gasteiger partial charge is 0.159 e. The third kappa shape index (κ3) is 4.66. The summed E-state index contributed by atoms with van der Waals surface area (Å²) >= 11 is 0. The number of hydrogen-bond donors (Lipinski definition) is 0. The number of fused-ring (bicyclic) bond motifs is 9. The highest BCUT2D eigenvalue weighted by molar-refractivity contribution is 6.19. The first-order valence-electron chi connectivity index (χ1n) is 18.1. The van der Waals surface area contributed by atoms with Crippen LogP contribution in [0, 0.1) is 12.1 Å². The van der Waals surface area contributed by atoms with Crippen LogP contribution in [-0.4, -0.2) is 0 Å². The van der Waals surface area contributed by atoms with Crippen molar-refractivity contribution < 1.29 is 8.83 Å². The quantitative estimate of drug-likeness (QED) is 0.174. The Kier molecular flexibility index (Phi) is 6.73. The van der Waals surface area contributed by atoms with Crippen molar-refractivity contribution >= 4 is 99.5 Å². The third-order valence-corrected chi connectivity index (χ3v) is 10.4. The summed E-state index contributed by atoms with van der Waals surface area (Å²) in [6.07, 6.45) is 0. The minimum atomic E-state index is 0.791. The molecule has 0 aliphatic heterocycles. The molecule has 54 heavy (non-hydrogen) atoms. The Labute approximate surface area is 311 Å². The fourth-order valence-electron chi connectivity index (χ4n) is 8.10. The predicted octanol–water partition coefficient (Wildman–Crippen LogP) is 14.3. The van der Waals surface area contributed by atoms with Crippen LogP contribution in [0.3, 0.4) is 0 Å². The summed E-state index contributed by atoms with van der Waals surface area (Å²) in [6, 6.07) is 70.1. The van der Waals surface area contributed by atoms with Gasteiger partial charge >= 0.3 is 0 Å². The largest absolute Gasteiger partial charge is 0.456 e. The first-order chi connectivity index (χ1) is 26.8. The number of para-hydroxylation sites is 4. The second kappa shape index (κ2) is 12.1. The number of nitrogens with zero attached hydrogens (tertiary/aromatic N) is 2. The van der Waals surface area contributed by atoms with Gasteiger partial charge in [0, 0.05) is 38.6 Å². The first kappa shape index (κ1) is 30.2. The summed E-state index contributed by atoms with van der Waals surface area (Å²) in [5, 5.41) is 8.59. The van der Waals surface area contributed by atoms with Crippen LogP contribution in [-0.2, 0) is 0 Å². The van der Waals surface area contributed by atoms with Crippen LogP contribution < -0.4 is 9.80 Å². The monoisotopic (exact) mass is 690 g/mol. The van der Waals surface area contributed by atoms with Gasteiger partial charge in [0.1, 0.15) is 16.7 Å². The SMILES string of the molecule is c1ccc2c(c#1)c(N(c1ccc3oc4ccccc4c3c1)c1cccc3c1oc1cccc(N(c4ccccc4)c4ccccc4)c13)cc1ccccc12. The van der Waals surface area contributed by atoms with Crippen LogP contribution in [0.15, 0.2) is 191 Å². The lowest BCUT2D eigenvalue weighted by molar-refractivity contribution is 0.669. The van der Waals surface area contributed by atoms with Crippen LogP contribution in [0.25, 0.3) is 65.4 Å². The molecule has 0 saturated heterocycles. The lowest BCUT2D eigenvalue weighted by atomic mass is 9.99. The molecule has 0 N–H and O–H groups in total. The summed E-state index contributed by atoms with van der Waals surface area (Å²) in [6.45, 7) is 0. The molecule has 11 aromatic rings. The van der Waals surface area contributed by atoms with E-state index < -0.39 is 0 Å². The van der Waals surface area contributed by atoms with Crippen LogP contribution in [0.2, 0.25) is 0 Å². The number of rotatable bonds is 6. The molecule has 0 amide bonds. The molecule has 4 heteroatoms. The minimum Gasteiger partial charge on any atom is -0.456 e. The lowest BCUT2D eigenvalue weighted by Crippen LogP contribution is -2.11. The van der Waals surface area contributed by atoms with Gasteiger partial charge < -0.3 is 18.6 Å². The zero-order valence-corrected chi connectivity index (χ0v) is 29.0. The Morgan fingerprint density at radius 3 is 1.89 bits per heavy atom. The van der Waals surface area contributed by atoms with Crippen molar-refractivity contribution in [1.29, 1.82) is 0 Å². The Bertz CT molecular complexity index is 3140. The Balaban J connectivity index is 1.22. The van der Waals surface area contributed by atoms with Crippen LogP contribution >= 0.6 is 0 Å². The molecular weight excluding hydrogens is 661 g/mol. The van der Waals surface area contributed by atoms with Gasteiger partial charge in [0.2, 0.25) is 0 Å². The summed E-state index contributed by atoms with van der Waals surface area (Å²) in [5.74, 6) is 0. The van der Waals surface area contributed by atoms with Crippen molar-refractivity contribution in [3.8, 4) is 0 Å². The predicted molar refractivity (Wildman–Crippen MR) is 223 cm³/mol. The molecule has 0 saturated carbocycles. The van der Waals surface area contributed by atoms with Crippen molar-refractivity contribution in [3.63, 3.8) is 0 Å². The molecule has 252 valence electrons. The maximum absolute atomic E-state index is 7.01. The molecule has 0 atom stereocenters. The highest BCUT2D eigenvalue weighted by Gasteiger charge is 2.25. The Morgan fingerprint density at radius 1 is 0.389 bits per heavy atom. The second-order valence-electron chi connectivity index (χ2n) is 13.5. The van der Waals surface area contributed by atoms with E-state index in [1.54, 1.807) is 0 Å². The average Bonchev–Trinajstić information content (AvgIpc) is 3.81. The summed E-state index contributed by atoms with van der Waals surface area (Å²) < 4.78 is 13.3. The normalized spacial score (nSPS) is 11.6. The molecule has 0 aliphatic rings. The number of benzene rings is 8. The van der Waals surface area contributed by atoms with Crippen molar-refractivity contribution in [3.05, 3.63) is 194 Å². The van der Waals surface area contributed by atoms with Gasteiger partial charge in [0.05, 0.1) is 27.8 Å². The molecular formula is C50H30N2O2. The van der Waals surface area contributed by atoms with Crippen LogP contribution in [0.1, 0.15) is 0 Å². The standard InChI is InChI=1S/C50H30N2O2/c1-3-16-34(17-4-1)51(35-18-5-2-6-19-35)43-25-14-28-48-49(43)41-24-13-26-44(50(41)54-48)52(36-29-30-47-42(32-36)40-23-11-12-27-46(40)53-47)45-31-33-15-7-8-20-37(33)38-21-9-10-22-39(38)45/h1-9,11-21,23-32H. The molecule has 11 rings (SSSR count). The molecule has 0 aliphatic carbocycles. The van der Waals surface area contributed by atoms with E-state index in [1.165, 1.54) is 5.39 Å². The Hall–Kier alpha value is -7.48. The topological polar surface area (TPSA) is 32.8 Å². The van der Waals surface area contributed by atoms with Crippen LogP contribution in [0.5, 0.6) is 0 Å². The van der Waals surface area contributed by atoms with E-state index in [0.717, 1.165) is 94.2 Å². The summed E-state index contributed by atoms with van der Waals surface area (Å²) in [7, 11) is 0. The zero-order valence-electron chi connectivity index (χ0n) is 29.0. The average molecular weight is 691 g/mol. The third-order valence-electron chi connectivity index (χ3n) is 10.4. The van der Waals surface area contributed by atoms with E-state index in [0.29, 0.717) is 0 Å². The maximum Gasteiger partial charge on any atom is 0.159 e. The van der Waals surface area contributed by atoms with E-state index in [2.05, 4.69) is 186 Å². The molecule has 2 heterocycles. The maximum atomic E-state index is 7.01. The molecule has 9 aromatic carbocycles. The molecule has 0 unspecified atom stereocenters. The van der Waals surface area contributed by atoms with Gasteiger partial charge in [-0.3, -0.25) is 0 Å². The summed E-state index contributed by atoms with van der Waals surface area (Å²) in [5.41, 5.74) is 9.37. The Morgan fingerprint density at radius 2 is 1.06 bits per heavy atom. The second-order valence-corrected chi connectivity index (χ2v) is 13.5. The number of anilines is 6. The van der Waals surface area contributed by atoms with Crippen molar-refractivity contribution in [1.82, 2.24) is 0 Å². The van der Waals surface area contributed by atoms with Gasteiger partial charge in [-0.25, -0.2) is 0 Å². The molecule has 4 nitrogen and oxygen atoms in total. The highest BCUT2D eigenvalue weighted by Crippen LogP contribution is 2.49. The lowest BCUT2D eigenvalue weighted by Gasteiger charge is -2.27. The minimum absolute atomic E-state index is 0.791. The molecule has 0 radical (unpaired) electrons.